The SMILES string of the molecule is C[C@]12CC3CC(N4C[C@H](C(N)=O)CC4=O)(C1)C[C@@](C)(C3)C2. The second-order valence-electron chi connectivity index (χ2n) is 9.16. The van der Waals surface area contributed by atoms with Crippen molar-refractivity contribution in [2.45, 2.75) is 64.3 Å². The topological polar surface area (TPSA) is 63.4 Å². The molecule has 0 aromatic carbocycles. The van der Waals surface area contributed by atoms with E-state index in [1.165, 1.54) is 19.3 Å². The molecule has 116 valence electrons. The molecule has 0 aromatic rings. The van der Waals surface area contributed by atoms with Gasteiger partial charge in [0.2, 0.25) is 11.8 Å². The van der Waals surface area contributed by atoms with E-state index in [2.05, 4.69) is 18.7 Å². The van der Waals surface area contributed by atoms with Crippen LogP contribution in [0.25, 0.3) is 0 Å². The zero-order chi connectivity index (χ0) is 15.0. The lowest BCUT2D eigenvalue weighted by Gasteiger charge is -2.67. The van der Waals surface area contributed by atoms with Crippen LogP contribution in [0.1, 0.15) is 58.8 Å². The van der Waals surface area contributed by atoms with Crippen LogP contribution >= 0.6 is 0 Å². The van der Waals surface area contributed by atoms with E-state index in [1.807, 2.05) is 0 Å². The second kappa shape index (κ2) is 3.82. The minimum atomic E-state index is -0.312. The minimum Gasteiger partial charge on any atom is -0.369 e. The molecular weight excluding hydrogens is 264 g/mol. The average Bonchev–Trinajstić information content (AvgIpc) is 2.67. The fourth-order valence-corrected chi connectivity index (χ4v) is 7.04. The lowest BCUT2D eigenvalue weighted by molar-refractivity contribution is -0.170. The molecule has 2 unspecified atom stereocenters. The molecule has 2 N–H and O–H groups in total. The van der Waals surface area contributed by atoms with Crippen LogP contribution in [0, 0.1) is 22.7 Å². The molecule has 5 aliphatic rings. The summed E-state index contributed by atoms with van der Waals surface area (Å²) in [6.07, 6.45) is 7.69. The Morgan fingerprint density at radius 2 is 1.76 bits per heavy atom. The number of hydrogen-bond acceptors (Lipinski definition) is 2. The fourth-order valence-electron chi connectivity index (χ4n) is 7.04. The normalized spacial score (nSPS) is 51.7. The molecule has 4 heteroatoms. The van der Waals surface area contributed by atoms with E-state index in [4.69, 9.17) is 5.73 Å². The summed E-state index contributed by atoms with van der Waals surface area (Å²) in [5, 5.41) is 0. The largest absolute Gasteiger partial charge is 0.369 e. The van der Waals surface area contributed by atoms with Crippen LogP contribution in [0.3, 0.4) is 0 Å². The van der Waals surface area contributed by atoms with Gasteiger partial charge in [0.25, 0.3) is 0 Å². The number of carbonyl (C=O) groups excluding carboxylic acids is 2. The summed E-state index contributed by atoms with van der Waals surface area (Å²) in [6, 6.07) is 0. The Morgan fingerprint density at radius 3 is 2.24 bits per heavy atom. The van der Waals surface area contributed by atoms with Gasteiger partial charge in [-0.15, -0.1) is 0 Å². The zero-order valence-corrected chi connectivity index (χ0v) is 13.2. The number of amides is 2. The Bertz CT molecular complexity index is 511. The fraction of sp³-hybridized carbons (Fsp3) is 0.882. The van der Waals surface area contributed by atoms with Gasteiger partial charge in [-0.05, 0) is 55.3 Å². The maximum absolute atomic E-state index is 12.5. The van der Waals surface area contributed by atoms with Gasteiger partial charge in [-0.3, -0.25) is 9.59 Å². The van der Waals surface area contributed by atoms with Crippen molar-refractivity contribution in [3.05, 3.63) is 0 Å². The molecule has 0 radical (unpaired) electrons. The van der Waals surface area contributed by atoms with Crippen molar-refractivity contribution in [3.8, 4) is 0 Å². The first-order valence-corrected chi connectivity index (χ1v) is 8.33. The Hall–Kier alpha value is -1.06. The maximum atomic E-state index is 12.5. The lowest BCUT2D eigenvalue weighted by atomic mass is 9.42. The van der Waals surface area contributed by atoms with Crippen molar-refractivity contribution in [1.82, 2.24) is 4.90 Å². The summed E-state index contributed by atoms with van der Waals surface area (Å²) in [6.45, 7) is 5.39. The molecule has 1 saturated heterocycles. The summed E-state index contributed by atoms with van der Waals surface area (Å²) in [5.74, 6) is 0.337. The molecule has 5 atom stereocenters. The van der Waals surface area contributed by atoms with Crippen LogP contribution < -0.4 is 5.73 Å². The highest BCUT2D eigenvalue weighted by Gasteiger charge is 2.63. The van der Waals surface area contributed by atoms with Crippen LogP contribution in [0.4, 0.5) is 0 Å². The Balaban J connectivity index is 1.68. The molecule has 1 aliphatic heterocycles. The number of hydrogen-bond donors (Lipinski definition) is 1. The standard InChI is InChI=1S/C17H26N2O2/c1-15-4-11-5-16(2,8-15)10-17(6-11,9-15)19-7-12(14(18)21)3-13(19)20/h11-12H,3-10H2,1-2H3,(H2,18,21)/t11?,12-,15-,16+,17?/m1/s1. The van der Waals surface area contributed by atoms with Gasteiger partial charge in [0.15, 0.2) is 0 Å². The molecule has 5 fully saturated rings. The van der Waals surface area contributed by atoms with E-state index in [0.717, 1.165) is 25.2 Å². The van der Waals surface area contributed by atoms with Crippen molar-refractivity contribution in [1.29, 1.82) is 0 Å². The van der Waals surface area contributed by atoms with Gasteiger partial charge in [0, 0.05) is 18.5 Å². The first-order chi connectivity index (χ1) is 9.73. The summed E-state index contributed by atoms with van der Waals surface area (Å²) in [7, 11) is 0. The molecule has 4 saturated carbocycles. The molecule has 4 aliphatic carbocycles. The molecule has 21 heavy (non-hydrogen) atoms. The molecule has 2 amide bonds. The van der Waals surface area contributed by atoms with E-state index >= 15 is 0 Å². The number of rotatable bonds is 2. The van der Waals surface area contributed by atoms with Crippen molar-refractivity contribution >= 4 is 11.8 Å². The number of likely N-dealkylation sites (tertiary alicyclic amines) is 1. The highest BCUT2D eigenvalue weighted by molar-refractivity contribution is 5.89. The molecular formula is C17H26N2O2. The van der Waals surface area contributed by atoms with Gasteiger partial charge >= 0.3 is 0 Å². The smallest absolute Gasteiger partial charge is 0.223 e. The second-order valence-corrected chi connectivity index (χ2v) is 9.16. The molecule has 4 nitrogen and oxygen atoms in total. The van der Waals surface area contributed by atoms with Gasteiger partial charge in [0.1, 0.15) is 0 Å². The van der Waals surface area contributed by atoms with Gasteiger partial charge in [0.05, 0.1) is 5.92 Å². The molecule has 0 aromatic heterocycles. The van der Waals surface area contributed by atoms with E-state index in [-0.39, 0.29) is 23.3 Å². The number of nitrogens with zero attached hydrogens (tertiary/aromatic N) is 1. The predicted molar refractivity (Wildman–Crippen MR) is 79.2 cm³/mol. The van der Waals surface area contributed by atoms with Gasteiger partial charge < -0.3 is 10.6 Å². The van der Waals surface area contributed by atoms with Gasteiger partial charge in [-0.2, -0.15) is 0 Å². The third kappa shape index (κ3) is 1.87. The van der Waals surface area contributed by atoms with Crippen LogP contribution in [0.2, 0.25) is 0 Å². The molecule has 5 rings (SSSR count). The summed E-state index contributed by atoms with van der Waals surface area (Å²) >= 11 is 0. The highest BCUT2D eigenvalue weighted by atomic mass is 16.2. The van der Waals surface area contributed by atoms with Gasteiger partial charge in [-0.1, -0.05) is 13.8 Å². The number of carbonyl (C=O) groups is 2. The van der Waals surface area contributed by atoms with Crippen LogP contribution in [0.5, 0.6) is 0 Å². The third-order valence-corrected chi connectivity index (χ3v) is 6.70. The van der Waals surface area contributed by atoms with Crippen LogP contribution in [-0.2, 0) is 9.59 Å². The summed E-state index contributed by atoms with van der Waals surface area (Å²) in [5.41, 5.74) is 6.24. The van der Waals surface area contributed by atoms with Crippen LogP contribution in [-0.4, -0.2) is 28.8 Å². The maximum Gasteiger partial charge on any atom is 0.223 e. The molecule has 1 heterocycles. The van der Waals surface area contributed by atoms with Crippen LogP contribution in [0.15, 0.2) is 0 Å². The molecule has 0 spiro atoms. The van der Waals surface area contributed by atoms with Gasteiger partial charge in [-0.25, -0.2) is 0 Å². The number of nitrogens with two attached hydrogens (primary N) is 1. The monoisotopic (exact) mass is 290 g/mol. The van der Waals surface area contributed by atoms with E-state index in [9.17, 15) is 9.59 Å². The quantitative estimate of drug-likeness (QED) is 0.846. The lowest BCUT2D eigenvalue weighted by Crippen LogP contribution is -2.65. The van der Waals surface area contributed by atoms with E-state index < -0.39 is 0 Å². The predicted octanol–water partition coefficient (Wildman–Crippen LogP) is 2.07. The number of primary amides is 1. The zero-order valence-electron chi connectivity index (χ0n) is 13.2. The Morgan fingerprint density at radius 1 is 1.14 bits per heavy atom. The minimum absolute atomic E-state index is 0.0181. The van der Waals surface area contributed by atoms with Crippen molar-refractivity contribution < 1.29 is 9.59 Å². The Kier molecular flexibility index (Phi) is 2.47. The summed E-state index contributed by atoms with van der Waals surface area (Å²) < 4.78 is 0. The van der Waals surface area contributed by atoms with Crippen molar-refractivity contribution in [2.24, 2.45) is 28.4 Å². The Labute approximate surface area is 126 Å². The first-order valence-electron chi connectivity index (χ1n) is 8.33. The first kappa shape index (κ1) is 13.6. The van der Waals surface area contributed by atoms with Crippen molar-refractivity contribution in [2.75, 3.05) is 6.54 Å². The highest BCUT2D eigenvalue weighted by Crippen LogP contribution is 2.68. The molecule has 4 bridgehead atoms. The average molecular weight is 290 g/mol. The van der Waals surface area contributed by atoms with E-state index in [1.54, 1.807) is 0 Å². The summed E-state index contributed by atoms with van der Waals surface area (Å²) in [4.78, 5) is 26.1. The van der Waals surface area contributed by atoms with Crippen molar-refractivity contribution in [3.63, 3.8) is 0 Å². The third-order valence-electron chi connectivity index (χ3n) is 6.70. The van der Waals surface area contributed by atoms with E-state index in [0.29, 0.717) is 23.8 Å².